The van der Waals surface area contributed by atoms with Gasteiger partial charge in [-0.25, -0.2) is 0 Å². The summed E-state index contributed by atoms with van der Waals surface area (Å²) in [6.07, 6.45) is 5.50. The summed E-state index contributed by atoms with van der Waals surface area (Å²) in [5.41, 5.74) is 8.98. The highest BCUT2D eigenvalue weighted by molar-refractivity contribution is 5.98. The van der Waals surface area contributed by atoms with Gasteiger partial charge in [-0.2, -0.15) is 0 Å². The standard InChI is InChI=1S/C17H23N3O/c1-11-7-8-14-12(9-11)10-16(19-14)17(21)20-15-6-4-2-3-5-13(15)18/h7-10,13,15,19H,2-6,18H2,1H3,(H,20,21)/t13?,15-/m1/s1. The Morgan fingerprint density at radius 1 is 1.24 bits per heavy atom. The van der Waals surface area contributed by atoms with Crippen molar-refractivity contribution in [3.05, 3.63) is 35.5 Å². The number of nitrogens with two attached hydrogens (primary N) is 1. The fourth-order valence-electron chi connectivity index (χ4n) is 3.14. The van der Waals surface area contributed by atoms with Crippen LogP contribution in [0.4, 0.5) is 0 Å². The highest BCUT2D eigenvalue weighted by Gasteiger charge is 2.23. The fraction of sp³-hybridized carbons (Fsp3) is 0.471. The number of aromatic nitrogens is 1. The van der Waals surface area contributed by atoms with Gasteiger partial charge >= 0.3 is 0 Å². The van der Waals surface area contributed by atoms with Crippen molar-refractivity contribution in [1.82, 2.24) is 10.3 Å². The van der Waals surface area contributed by atoms with Crippen LogP contribution in [-0.4, -0.2) is 23.0 Å². The number of carbonyl (C=O) groups excluding carboxylic acids is 1. The Balaban J connectivity index is 1.76. The van der Waals surface area contributed by atoms with Crippen LogP contribution in [0, 0.1) is 6.92 Å². The summed E-state index contributed by atoms with van der Waals surface area (Å²) in [4.78, 5) is 15.6. The topological polar surface area (TPSA) is 70.9 Å². The molecule has 4 nitrogen and oxygen atoms in total. The van der Waals surface area contributed by atoms with Crippen LogP contribution in [0.15, 0.2) is 24.3 Å². The molecule has 1 unspecified atom stereocenters. The average molecular weight is 285 g/mol. The summed E-state index contributed by atoms with van der Waals surface area (Å²) in [6.45, 7) is 2.05. The molecule has 1 fully saturated rings. The van der Waals surface area contributed by atoms with Crippen LogP contribution >= 0.6 is 0 Å². The molecule has 112 valence electrons. The van der Waals surface area contributed by atoms with Crippen LogP contribution < -0.4 is 11.1 Å². The van der Waals surface area contributed by atoms with E-state index < -0.39 is 0 Å². The van der Waals surface area contributed by atoms with E-state index in [0.717, 1.165) is 30.2 Å². The lowest BCUT2D eigenvalue weighted by Crippen LogP contribution is -2.47. The second kappa shape index (κ2) is 5.90. The van der Waals surface area contributed by atoms with Crippen LogP contribution in [0.2, 0.25) is 0 Å². The quantitative estimate of drug-likeness (QED) is 0.742. The third-order valence-corrected chi connectivity index (χ3v) is 4.41. The number of hydrogen-bond donors (Lipinski definition) is 3. The molecule has 0 aliphatic heterocycles. The van der Waals surface area contributed by atoms with Crippen LogP contribution in [0.3, 0.4) is 0 Å². The largest absolute Gasteiger partial charge is 0.351 e. The summed E-state index contributed by atoms with van der Waals surface area (Å²) < 4.78 is 0. The third kappa shape index (κ3) is 3.10. The Hall–Kier alpha value is -1.81. The first-order valence-corrected chi connectivity index (χ1v) is 7.79. The van der Waals surface area contributed by atoms with E-state index in [4.69, 9.17) is 5.73 Å². The minimum atomic E-state index is -0.0498. The van der Waals surface area contributed by atoms with E-state index in [-0.39, 0.29) is 18.0 Å². The highest BCUT2D eigenvalue weighted by Crippen LogP contribution is 2.19. The van der Waals surface area contributed by atoms with Gasteiger partial charge in [0.1, 0.15) is 5.69 Å². The van der Waals surface area contributed by atoms with Crippen molar-refractivity contribution >= 4 is 16.8 Å². The molecule has 4 heteroatoms. The number of hydrogen-bond acceptors (Lipinski definition) is 2. The zero-order valence-corrected chi connectivity index (χ0v) is 12.5. The van der Waals surface area contributed by atoms with E-state index in [9.17, 15) is 4.79 Å². The number of rotatable bonds is 2. The van der Waals surface area contributed by atoms with Crippen molar-refractivity contribution in [1.29, 1.82) is 0 Å². The number of aryl methyl sites for hydroxylation is 1. The number of amides is 1. The van der Waals surface area contributed by atoms with Crippen LogP contribution in [0.25, 0.3) is 10.9 Å². The summed E-state index contributed by atoms with van der Waals surface area (Å²) in [7, 11) is 0. The summed E-state index contributed by atoms with van der Waals surface area (Å²) in [6, 6.07) is 8.22. The normalized spacial score (nSPS) is 23.0. The Bertz CT molecular complexity index is 647. The maximum absolute atomic E-state index is 12.4. The summed E-state index contributed by atoms with van der Waals surface area (Å²) in [5, 5.41) is 4.18. The van der Waals surface area contributed by atoms with Gasteiger partial charge in [-0.05, 0) is 38.0 Å². The summed E-state index contributed by atoms with van der Waals surface area (Å²) in [5.74, 6) is -0.0498. The number of H-pyrrole nitrogens is 1. The van der Waals surface area contributed by atoms with Gasteiger partial charge in [0, 0.05) is 23.0 Å². The van der Waals surface area contributed by atoms with Crippen molar-refractivity contribution < 1.29 is 4.79 Å². The molecule has 21 heavy (non-hydrogen) atoms. The lowest BCUT2D eigenvalue weighted by atomic mass is 10.0. The Kier molecular flexibility index (Phi) is 3.97. The van der Waals surface area contributed by atoms with Gasteiger partial charge < -0.3 is 16.0 Å². The molecule has 4 N–H and O–H groups in total. The number of aromatic amines is 1. The minimum absolute atomic E-state index is 0.0498. The van der Waals surface area contributed by atoms with Crippen LogP contribution in [0.1, 0.15) is 48.2 Å². The van der Waals surface area contributed by atoms with Crippen molar-refractivity contribution in [3.63, 3.8) is 0 Å². The maximum Gasteiger partial charge on any atom is 0.268 e. The lowest BCUT2D eigenvalue weighted by Gasteiger charge is -2.22. The molecule has 0 radical (unpaired) electrons. The van der Waals surface area contributed by atoms with Gasteiger partial charge in [0.15, 0.2) is 0 Å². The number of nitrogens with one attached hydrogen (secondary N) is 2. The second-order valence-electron chi connectivity index (χ2n) is 6.16. The molecular weight excluding hydrogens is 262 g/mol. The number of fused-ring (bicyclic) bond motifs is 1. The van der Waals surface area contributed by atoms with Gasteiger partial charge in [-0.1, -0.05) is 30.9 Å². The van der Waals surface area contributed by atoms with Crippen molar-refractivity contribution in [3.8, 4) is 0 Å². The SMILES string of the molecule is Cc1ccc2[nH]c(C(=O)N[C@@H]3CCCCCC3N)cc2c1. The molecule has 1 amide bonds. The van der Waals surface area contributed by atoms with E-state index in [1.807, 2.05) is 18.2 Å². The molecular formula is C17H23N3O. The molecule has 1 saturated carbocycles. The van der Waals surface area contributed by atoms with Gasteiger partial charge in [-0.3, -0.25) is 4.79 Å². The van der Waals surface area contributed by atoms with E-state index in [1.165, 1.54) is 18.4 Å². The van der Waals surface area contributed by atoms with Gasteiger partial charge in [0.2, 0.25) is 0 Å². The highest BCUT2D eigenvalue weighted by atomic mass is 16.1. The van der Waals surface area contributed by atoms with Gasteiger partial charge in [0.25, 0.3) is 5.91 Å². The van der Waals surface area contributed by atoms with Gasteiger partial charge in [0.05, 0.1) is 0 Å². The smallest absolute Gasteiger partial charge is 0.268 e. The molecule has 1 aliphatic rings. The average Bonchev–Trinajstić information content (AvgIpc) is 2.78. The molecule has 0 spiro atoms. The predicted octanol–water partition coefficient (Wildman–Crippen LogP) is 2.87. The van der Waals surface area contributed by atoms with Crippen molar-refractivity contribution in [2.24, 2.45) is 5.73 Å². The minimum Gasteiger partial charge on any atom is -0.351 e. The lowest BCUT2D eigenvalue weighted by molar-refractivity contribution is 0.0924. The third-order valence-electron chi connectivity index (χ3n) is 4.41. The fourth-order valence-corrected chi connectivity index (χ4v) is 3.14. The predicted molar refractivity (Wildman–Crippen MR) is 85.4 cm³/mol. The first-order valence-electron chi connectivity index (χ1n) is 7.79. The molecule has 1 aliphatic carbocycles. The van der Waals surface area contributed by atoms with E-state index in [2.05, 4.69) is 23.3 Å². The molecule has 2 aromatic rings. The van der Waals surface area contributed by atoms with E-state index in [1.54, 1.807) is 0 Å². The molecule has 1 aromatic carbocycles. The first kappa shape index (κ1) is 14.1. The second-order valence-corrected chi connectivity index (χ2v) is 6.16. The van der Waals surface area contributed by atoms with Crippen LogP contribution in [0.5, 0.6) is 0 Å². The zero-order chi connectivity index (χ0) is 14.8. The Morgan fingerprint density at radius 2 is 2.05 bits per heavy atom. The number of carbonyl (C=O) groups is 1. The Labute approximate surface area is 125 Å². The maximum atomic E-state index is 12.4. The molecule has 0 saturated heterocycles. The zero-order valence-electron chi connectivity index (χ0n) is 12.5. The molecule has 0 bridgehead atoms. The van der Waals surface area contributed by atoms with Crippen molar-refractivity contribution in [2.75, 3.05) is 0 Å². The number of benzene rings is 1. The van der Waals surface area contributed by atoms with Crippen molar-refractivity contribution in [2.45, 2.75) is 51.1 Å². The van der Waals surface area contributed by atoms with Gasteiger partial charge in [-0.15, -0.1) is 0 Å². The molecule has 1 aromatic heterocycles. The summed E-state index contributed by atoms with van der Waals surface area (Å²) >= 11 is 0. The van der Waals surface area contributed by atoms with E-state index in [0.29, 0.717) is 5.69 Å². The molecule has 2 atom stereocenters. The monoisotopic (exact) mass is 285 g/mol. The van der Waals surface area contributed by atoms with E-state index >= 15 is 0 Å². The Morgan fingerprint density at radius 3 is 2.90 bits per heavy atom. The molecule has 3 rings (SSSR count). The molecule has 1 heterocycles. The van der Waals surface area contributed by atoms with Crippen LogP contribution in [-0.2, 0) is 0 Å². The first-order chi connectivity index (χ1) is 10.1.